The van der Waals surface area contributed by atoms with Gasteiger partial charge >= 0.3 is 0 Å². The summed E-state index contributed by atoms with van der Waals surface area (Å²) in [5.74, 6) is -0.595. The van der Waals surface area contributed by atoms with Crippen LogP contribution in [0, 0.1) is 24.5 Å². The number of hydrogen-bond donors (Lipinski definition) is 1. The molecule has 1 aromatic rings. The summed E-state index contributed by atoms with van der Waals surface area (Å²) in [7, 11) is 0. The zero-order valence-corrected chi connectivity index (χ0v) is 12.9. The van der Waals surface area contributed by atoms with E-state index in [2.05, 4.69) is 33.0 Å². The molecule has 1 saturated heterocycles. The first kappa shape index (κ1) is 15.2. The zero-order chi connectivity index (χ0) is 15.1. The van der Waals surface area contributed by atoms with Crippen LogP contribution in [-0.4, -0.2) is 24.7 Å². The van der Waals surface area contributed by atoms with Crippen LogP contribution in [0.5, 0.6) is 0 Å². The fourth-order valence-electron chi connectivity index (χ4n) is 2.84. The largest absolute Gasteiger partial charge is 0.360 e. The van der Waals surface area contributed by atoms with E-state index in [1.165, 1.54) is 12.1 Å². The fraction of sp³-hybridized carbons (Fsp3) is 0.625. The van der Waals surface area contributed by atoms with Crippen molar-refractivity contribution in [2.45, 2.75) is 46.2 Å². The Bertz CT molecular complexity index is 497. The molecule has 0 spiro atoms. The van der Waals surface area contributed by atoms with Gasteiger partial charge in [0.1, 0.15) is 11.5 Å². The number of rotatable bonds is 2. The van der Waals surface area contributed by atoms with Gasteiger partial charge in [0.25, 0.3) is 0 Å². The summed E-state index contributed by atoms with van der Waals surface area (Å²) in [6.07, 6.45) is 0. The molecule has 0 bridgehead atoms. The second kappa shape index (κ2) is 5.32. The molecule has 0 amide bonds. The maximum absolute atomic E-state index is 14.4. The van der Waals surface area contributed by atoms with Gasteiger partial charge in [0.2, 0.25) is 0 Å². The van der Waals surface area contributed by atoms with E-state index in [9.17, 15) is 8.78 Å². The van der Waals surface area contributed by atoms with E-state index in [0.29, 0.717) is 18.0 Å². The van der Waals surface area contributed by atoms with Crippen LogP contribution in [0.3, 0.4) is 0 Å². The van der Waals surface area contributed by atoms with Crippen molar-refractivity contribution in [3.05, 3.63) is 29.3 Å². The van der Waals surface area contributed by atoms with Crippen molar-refractivity contribution >= 4 is 5.69 Å². The van der Waals surface area contributed by atoms with E-state index in [0.717, 1.165) is 6.54 Å². The van der Waals surface area contributed by atoms with Gasteiger partial charge in [0.15, 0.2) is 5.82 Å². The average Bonchev–Trinajstić information content (AvgIpc) is 2.33. The molecule has 1 fully saturated rings. The first-order valence-electron chi connectivity index (χ1n) is 7.19. The van der Waals surface area contributed by atoms with E-state index < -0.39 is 11.6 Å². The SMILES string of the molecule is Cc1ccc(F)c(N2CC(C)(C)NCC2C(C)C)c1F. The van der Waals surface area contributed by atoms with Gasteiger partial charge in [0, 0.05) is 24.7 Å². The minimum Gasteiger partial charge on any atom is -0.360 e. The number of halogens is 2. The van der Waals surface area contributed by atoms with E-state index in [1.54, 1.807) is 6.92 Å². The molecule has 0 saturated carbocycles. The first-order valence-corrected chi connectivity index (χ1v) is 7.19. The van der Waals surface area contributed by atoms with Crippen molar-refractivity contribution in [2.75, 3.05) is 18.0 Å². The monoisotopic (exact) mass is 282 g/mol. The third kappa shape index (κ3) is 2.80. The average molecular weight is 282 g/mol. The van der Waals surface area contributed by atoms with Gasteiger partial charge in [-0.3, -0.25) is 0 Å². The maximum Gasteiger partial charge on any atom is 0.152 e. The number of benzene rings is 1. The molecule has 4 heteroatoms. The molecule has 1 N–H and O–H groups in total. The van der Waals surface area contributed by atoms with Crippen molar-refractivity contribution in [1.29, 1.82) is 0 Å². The lowest BCUT2D eigenvalue weighted by Crippen LogP contribution is -2.63. The maximum atomic E-state index is 14.4. The summed E-state index contributed by atoms with van der Waals surface area (Å²) < 4.78 is 28.6. The van der Waals surface area contributed by atoms with Crippen LogP contribution < -0.4 is 10.2 Å². The third-order valence-corrected chi connectivity index (χ3v) is 4.07. The second-order valence-corrected chi connectivity index (χ2v) is 6.73. The number of anilines is 1. The van der Waals surface area contributed by atoms with Crippen molar-refractivity contribution in [2.24, 2.45) is 5.92 Å². The Morgan fingerprint density at radius 3 is 2.55 bits per heavy atom. The van der Waals surface area contributed by atoms with Gasteiger partial charge in [-0.05, 0) is 38.3 Å². The molecular weight excluding hydrogens is 258 g/mol. The normalized spacial score (nSPS) is 22.4. The number of nitrogens with one attached hydrogen (secondary N) is 1. The van der Waals surface area contributed by atoms with E-state index >= 15 is 0 Å². The minimum atomic E-state index is -0.476. The smallest absolute Gasteiger partial charge is 0.152 e. The van der Waals surface area contributed by atoms with Crippen LogP contribution >= 0.6 is 0 Å². The molecule has 2 nitrogen and oxygen atoms in total. The lowest BCUT2D eigenvalue weighted by Gasteiger charge is -2.47. The molecule has 0 radical (unpaired) electrons. The number of piperazine rings is 1. The summed E-state index contributed by atoms with van der Waals surface area (Å²) >= 11 is 0. The summed E-state index contributed by atoms with van der Waals surface area (Å²) in [4.78, 5) is 1.90. The molecule has 1 aliphatic rings. The highest BCUT2D eigenvalue weighted by atomic mass is 19.1. The predicted octanol–water partition coefficient (Wildman–Crippen LogP) is 3.49. The van der Waals surface area contributed by atoms with Crippen molar-refractivity contribution in [3.8, 4) is 0 Å². The molecule has 1 aliphatic heterocycles. The highest BCUT2D eigenvalue weighted by molar-refractivity contribution is 5.53. The van der Waals surface area contributed by atoms with Gasteiger partial charge in [-0.2, -0.15) is 0 Å². The van der Waals surface area contributed by atoms with Crippen LogP contribution in [0.1, 0.15) is 33.3 Å². The number of nitrogens with zero attached hydrogens (tertiary/aromatic N) is 1. The van der Waals surface area contributed by atoms with Gasteiger partial charge in [-0.1, -0.05) is 19.9 Å². The van der Waals surface area contributed by atoms with E-state index in [-0.39, 0.29) is 17.3 Å². The van der Waals surface area contributed by atoms with Crippen LogP contribution in [0.25, 0.3) is 0 Å². The minimum absolute atomic E-state index is 0.0915. The fourth-order valence-corrected chi connectivity index (χ4v) is 2.84. The Morgan fingerprint density at radius 2 is 1.95 bits per heavy atom. The number of hydrogen-bond acceptors (Lipinski definition) is 2. The second-order valence-electron chi connectivity index (χ2n) is 6.73. The zero-order valence-electron chi connectivity index (χ0n) is 12.9. The van der Waals surface area contributed by atoms with Gasteiger partial charge < -0.3 is 10.2 Å². The lowest BCUT2D eigenvalue weighted by molar-refractivity contribution is 0.273. The summed E-state index contributed by atoms with van der Waals surface area (Å²) in [5, 5.41) is 3.46. The third-order valence-electron chi connectivity index (χ3n) is 4.07. The van der Waals surface area contributed by atoms with Gasteiger partial charge in [-0.25, -0.2) is 8.78 Å². The molecule has 1 atom stereocenters. The molecule has 1 aromatic carbocycles. The van der Waals surface area contributed by atoms with Crippen LogP contribution in [0.2, 0.25) is 0 Å². The topological polar surface area (TPSA) is 15.3 Å². The summed E-state index contributed by atoms with van der Waals surface area (Å²) in [5.41, 5.74) is 0.451. The van der Waals surface area contributed by atoms with Crippen molar-refractivity contribution < 1.29 is 8.78 Å². The first-order chi connectivity index (χ1) is 9.23. The highest BCUT2D eigenvalue weighted by Crippen LogP contribution is 2.32. The molecule has 1 heterocycles. The van der Waals surface area contributed by atoms with E-state index in [1.807, 2.05) is 4.90 Å². The summed E-state index contributed by atoms with van der Waals surface area (Å²) in [6, 6.07) is 2.94. The lowest BCUT2D eigenvalue weighted by atomic mass is 9.92. The molecule has 2 rings (SSSR count). The van der Waals surface area contributed by atoms with Crippen LogP contribution in [-0.2, 0) is 0 Å². The Morgan fingerprint density at radius 1 is 1.30 bits per heavy atom. The Labute approximate surface area is 120 Å². The molecule has 0 aromatic heterocycles. The predicted molar refractivity (Wildman–Crippen MR) is 79.1 cm³/mol. The highest BCUT2D eigenvalue weighted by Gasteiger charge is 2.36. The standard InChI is InChI=1S/C16H24F2N2/c1-10(2)13-8-19-16(4,5)9-20(13)15-12(17)7-6-11(3)14(15)18/h6-7,10,13,19H,8-9H2,1-5H3. The van der Waals surface area contributed by atoms with Crippen LogP contribution in [0.4, 0.5) is 14.5 Å². The van der Waals surface area contributed by atoms with E-state index in [4.69, 9.17) is 0 Å². The van der Waals surface area contributed by atoms with Gasteiger partial charge in [0.05, 0.1) is 0 Å². The molecule has 112 valence electrons. The Kier molecular flexibility index (Phi) is 4.05. The Balaban J connectivity index is 2.48. The van der Waals surface area contributed by atoms with Gasteiger partial charge in [-0.15, -0.1) is 0 Å². The Hall–Kier alpha value is -1.16. The molecule has 1 unspecified atom stereocenters. The molecule has 20 heavy (non-hydrogen) atoms. The van der Waals surface area contributed by atoms with Crippen molar-refractivity contribution in [3.63, 3.8) is 0 Å². The molecular formula is C16H24F2N2. The van der Waals surface area contributed by atoms with Crippen LogP contribution in [0.15, 0.2) is 12.1 Å². The number of aryl methyl sites for hydroxylation is 1. The quantitative estimate of drug-likeness (QED) is 0.893. The van der Waals surface area contributed by atoms with Crippen molar-refractivity contribution in [1.82, 2.24) is 5.32 Å². The molecule has 0 aliphatic carbocycles. The summed E-state index contributed by atoms with van der Waals surface area (Å²) in [6.45, 7) is 11.3.